The van der Waals surface area contributed by atoms with Gasteiger partial charge in [-0.2, -0.15) is 13.2 Å². The highest BCUT2D eigenvalue weighted by atomic mass is 32.1. The molecule has 38 heavy (non-hydrogen) atoms. The molecule has 3 aromatic heterocycles. The van der Waals surface area contributed by atoms with Crippen LogP contribution >= 0.6 is 11.3 Å². The van der Waals surface area contributed by atoms with Crippen molar-refractivity contribution in [2.75, 3.05) is 5.32 Å². The topological polar surface area (TPSA) is 132 Å². The number of imidazole rings is 1. The first-order valence-electron chi connectivity index (χ1n) is 11.8. The molecule has 1 aromatic carbocycles. The minimum Gasteiger partial charge on any atom is -0.383 e. The molecule has 4 aromatic rings. The summed E-state index contributed by atoms with van der Waals surface area (Å²) in [6, 6.07) is 6.41. The van der Waals surface area contributed by atoms with E-state index in [-0.39, 0.29) is 17.7 Å². The molecule has 0 atom stereocenters. The first-order valence-corrected chi connectivity index (χ1v) is 12.6. The number of carbonyl (C=O) groups excluding carboxylic acids is 1. The van der Waals surface area contributed by atoms with Crippen LogP contribution < -0.4 is 11.1 Å². The van der Waals surface area contributed by atoms with Crippen molar-refractivity contribution in [3.63, 3.8) is 0 Å². The van der Waals surface area contributed by atoms with E-state index in [9.17, 15) is 23.1 Å². The van der Waals surface area contributed by atoms with Crippen LogP contribution in [0.2, 0.25) is 0 Å². The van der Waals surface area contributed by atoms with E-state index in [2.05, 4.69) is 25.3 Å². The molecule has 4 N–H and O–H groups in total. The third kappa shape index (κ3) is 5.38. The molecule has 5 rings (SSSR count). The number of hydrogen-bond acceptors (Lipinski definition) is 8. The summed E-state index contributed by atoms with van der Waals surface area (Å²) in [5.74, 6) is -0.739. The first kappa shape index (κ1) is 25.8. The van der Waals surface area contributed by atoms with Crippen molar-refractivity contribution in [1.82, 2.24) is 24.5 Å². The molecule has 0 spiro atoms. The predicted molar refractivity (Wildman–Crippen MR) is 135 cm³/mol. The van der Waals surface area contributed by atoms with Crippen LogP contribution in [-0.2, 0) is 11.8 Å². The molecule has 1 fully saturated rings. The number of carbonyl (C=O) groups is 1. The van der Waals surface area contributed by atoms with Crippen molar-refractivity contribution >= 4 is 28.9 Å². The van der Waals surface area contributed by atoms with Crippen LogP contribution in [-0.4, -0.2) is 35.5 Å². The molecule has 1 aliphatic rings. The minimum absolute atomic E-state index is 0.0961. The van der Waals surface area contributed by atoms with Gasteiger partial charge in [0.25, 0.3) is 5.91 Å². The highest BCUT2D eigenvalue weighted by Gasteiger charge is 2.38. The maximum Gasteiger partial charge on any atom is 0.433 e. The van der Waals surface area contributed by atoms with Crippen molar-refractivity contribution in [3.8, 4) is 10.4 Å². The summed E-state index contributed by atoms with van der Waals surface area (Å²) in [6.45, 7) is 1.87. The van der Waals surface area contributed by atoms with Crippen LogP contribution in [0.5, 0.6) is 0 Å². The molecular weight excluding hydrogens is 519 g/mol. The second-order valence-corrected chi connectivity index (χ2v) is 10.4. The van der Waals surface area contributed by atoms with Crippen LogP contribution in [0.1, 0.15) is 58.5 Å². The monoisotopic (exact) mass is 543 g/mol. The number of alkyl halides is 3. The fourth-order valence-electron chi connectivity index (χ4n) is 4.58. The van der Waals surface area contributed by atoms with E-state index in [1.54, 1.807) is 30.9 Å². The van der Waals surface area contributed by atoms with Gasteiger partial charge in [-0.1, -0.05) is 6.07 Å². The third-order valence-corrected chi connectivity index (χ3v) is 7.77. The summed E-state index contributed by atoms with van der Waals surface area (Å²) in [7, 11) is 0. The number of halogens is 3. The van der Waals surface area contributed by atoms with Gasteiger partial charge in [-0.3, -0.25) is 4.79 Å². The van der Waals surface area contributed by atoms with Crippen LogP contribution in [0.25, 0.3) is 10.4 Å². The van der Waals surface area contributed by atoms with Gasteiger partial charge in [-0.05, 0) is 61.9 Å². The molecule has 0 aliphatic heterocycles. The summed E-state index contributed by atoms with van der Waals surface area (Å²) in [5.41, 5.74) is 5.61. The van der Waals surface area contributed by atoms with E-state index in [4.69, 9.17) is 5.73 Å². The zero-order chi connectivity index (χ0) is 27.1. The van der Waals surface area contributed by atoms with Gasteiger partial charge >= 0.3 is 6.18 Å². The van der Waals surface area contributed by atoms with E-state index in [0.717, 1.165) is 28.3 Å². The van der Waals surface area contributed by atoms with Crippen molar-refractivity contribution < 1.29 is 23.1 Å². The molecule has 13 heteroatoms. The number of nitrogens with zero attached hydrogens (tertiary/aromatic N) is 5. The Morgan fingerprint density at radius 3 is 2.66 bits per heavy atom. The second kappa shape index (κ2) is 9.80. The number of rotatable bonds is 6. The number of amides is 1. The number of nitrogens with one attached hydrogen (secondary N) is 1. The lowest BCUT2D eigenvalue weighted by Crippen LogP contribution is -2.32. The fraction of sp³-hybridized carbons (Fsp3) is 0.320. The number of aromatic nitrogens is 5. The Labute approximate surface area is 219 Å². The number of benzene rings is 1. The van der Waals surface area contributed by atoms with Crippen molar-refractivity contribution in [2.45, 2.75) is 50.4 Å². The highest BCUT2D eigenvalue weighted by Crippen LogP contribution is 2.44. The van der Waals surface area contributed by atoms with E-state index in [1.165, 1.54) is 11.3 Å². The normalized spacial score (nSPS) is 19.9. The molecule has 0 saturated heterocycles. The van der Waals surface area contributed by atoms with Gasteiger partial charge in [-0.15, -0.1) is 11.3 Å². The number of hydrogen-bond donors (Lipinski definition) is 3. The van der Waals surface area contributed by atoms with Crippen LogP contribution in [0.3, 0.4) is 0 Å². The minimum atomic E-state index is -4.57. The van der Waals surface area contributed by atoms with Gasteiger partial charge in [-0.25, -0.2) is 19.9 Å². The lowest BCUT2D eigenvalue weighted by atomic mass is 9.82. The molecule has 1 saturated carbocycles. The predicted octanol–water partition coefficient (Wildman–Crippen LogP) is 4.97. The van der Waals surface area contributed by atoms with Crippen molar-refractivity contribution in [2.24, 2.45) is 5.73 Å². The zero-order valence-corrected chi connectivity index (χ0v) is 21.1. The van der Waals surface area contributed by atoms with Crippen molar-refractivity contribution in [1.29, 1.82) is 0 Å². The van der Waals surface area contributed by atoms with E-state index in [1.807, 2.05) is 17.6 Å². The molecule has 1 amide bonds. The van der Waals surface area contributed by atoms with Crippen LogP contribution in [0.4, 0.5) is 24.8 Å². The summed E-state index contributed by atoms with van der Waals surface area (Å²) in [6.07, 6.45) is 3.73. The number of primary amides is 1. The van der Waals surface area contributed by atoms with E-state index < -0.39 is 23.4 Å². The summed E-state index contributed by atoms with van der Waals surface area (Å²) < 4.78 is 40.9. The largest absolute Gasteiger partial charge is 0.433 e. The van der Waals surface area contributed by atoms with Gasteiger partial charge in [0.15, 0.2) is 0 Å². The first-order chi connectivity index (χ1) is 18.0. The molecule has 0 bridgehead atoms. The fourth-order valence-corrected chi connectivity index (χ4v) is 5.63. The van der Waals surface area contributed by atoms with E-state index in [0.29, 0.717) is 36.4 Å². The number of aliphatic hydroxyl groups is 1. The smallest absolute Gasteiger partial charge is 0.383 e. The van der Waals surface area contributed by atoms with Crippen molar-refractivity contribution in [3.05, 3.63) is 71.1 Å². The van der Waals surface area contributed by atoms with Gasteiger partial charge < -0.3 is 20.7 Å². The number of nitrogens with two attached hydrogens (primary N) is 1. The SMILES string of the molecule is Cc1cc(Nc2nccc(C(F)(F)F)n2)cc(-c2cnc(C3(O)CCC(n4cnc(C(N)=O)c4)CC3)s2)c1. The Morgan fingerprint density at radius 2 is 1.97 bits per heavy atom. The standard InChI is InChI=1S/C25H24F3N7O2S/c1-14-8-15(10-16(9-14)33-23-30-7-4-20(34-23)25(26,27)28)19-11-31-22(38-19)24(37)5-2-17(3-6-24)35-12-18(21(29)36)32-13-35/h4,7-13,17,37H,2-3,5-6H2,1H3,(H2,29,36)(H,30,33,34). The van der Waals surface area contributed by atoms with Gasteiger partial charge in [0.05, 0.1) is 11.2 Å². The Kier molecular flexibility index (Phi) is 6.65. The molecule has 0 unspecified atom stereocenters. The molecule has 3 heterocycles. The Morgan fingerprint density at radius 1 is 1.21 bits per heavy atom. The summed E-state index contributed by atoms with van der Waals surface area (Å²) in [4.78, 5) is 28.2. The molecule has 0 radical (unpaired) electrons. The average molecular weight is 544 g/mol. The third-order valence-electron chi connectivity index (χ3n) is 6.53. The molecule has 9 nitrogen and oxygen atoms in total. The lowest BCUT2D eigenvalue weighted by molar-refractivity contribution is -0.141. The average Bonchev–Trinajstić information content (AvgIpc) is 3.55. The number of aryl methyl sites for hydroxylation is 1. The van der Waals surface area contributed by atoms with Gasteiger partial charge in [0.1, 0.15) is 22.0 Å². The maximum absolute atomic E-state index is 13.0. The Balaban J connectivity index is 1.31. The highest BCUT2D eigenvalue weighted by molar-refractivity contribution is 7.15. The molecule has 1 aliphatic carbocycles. The van der Waals surface area contributed by atoms with Gasteiger partial charge in [0, 0.05) is 30.3 Å². The zero-order valence-electron chi connectivity index (χ0n) is 20.2. The Hall–Kier alpha value is -3.84. The molecular formula is C25H24F3N7O2S. The molecule has 198 valence electrons. The van der Waals surface area contributed by atoms with Crippen LogP contribution in [0.15, 0.2) is 49.2 Å². The number of anilines is 2. The number of thiazole rings is 1. The van der Waals surface area contributed by atoms with Gasteiger partial charge in [0.2, 0.25) is 5.95 Å². The lowest BCUT2D eigenvalue weighted by Gasteiger charge is -2.35. The Bertz CT molecular complexity index is 1480. The summed E-state index contributed by atoms with van der Waals surface area (Å²) in [5, 5.41) is 14.8. The van der Waals surface area contributed by atoms with Crippen LogP contribution in [0, 0.1) is 6.92 Å². The van der Waals surface area contributed by atoms with E-state index >= 15 is 0 Å². The summed E-state index contributed by atoms with van der Waals surface area (Å²) >= 11 is 1.38. The maximum atomic E-state index is 13.0. The second-order valence-electron chi connectivity index (χ2n) is 9.34. The quantitative estimate of drug-likeness (QED) is 0.313.